The van der Waals surface area contributed by atoms with Gasteiger partial charge in [-0.1, -0.05) is 71.5 Å². The van der Waals surface area contributed by atoms with Crippen LogP contribution in [0.15, 0.2) is 57.6 Å². The monoisotopic (exact) mass is 521 g/mol. The van der Waals surface area contributed by atoms with Crippen LogP contribution in [0, 0.1) is 6.92 Å². The zero-order valence-corrected chi connectivity index (χ0v) is 23.5. The van der Waals surface area contributed by atoms with E-state index in [2.05, 4.69) is 4.99 Å². The van der Waals surface area contributed by atoms with E-state index in [1.807, 2.05) is 72.7 Å². The van der Waals surface area contributed by atoms with Crippen LogP contribution in [-0.4, -0.2) is 33.7 Å². The van der Waals surface area contributed by atoms with Crippen molar-refractivity contribution < 1.29 is 24.5 Å². The molecule has 0 atom stereocenters. The Labute approximate surface area is 223 Å². The lowest BCUT2D eigenvalue weighted by Gasteiger charge is -2.28. The van der Waals surface area contributed by atoms with Crippen molar-refractivity contribution in [1.82, 2.24) is 0 Å². The first-order valence-electron chi connectivity index (χ1n) is 12.2. The fourth-order valence-electron chi connectivity index (χ4n) is 3.99. The summed E-state index contributed by atoms with van der Waals surface area (Å²) in [6, 6.07) is 10.8. The van der Waals surface area contributed by atoms with Gasteiger partial charge in [-0.3, -0.25) is 4.79 Å². The minimum Gasteiger partial charge on any atom is -0.507 e. The van der Waals surface area contributed by atoms with Crippen LogP contribution < -0.4 is 0 Å². The summed E-state index contributed by atoms with van der Waals surface area (Å²) in [6.45, 7) is 15.7. The van der Waals surface area contributed by atoms with Gasteiger partial charge in [0.25, 0.3) is 5.91 Å². The summed E-state index contributed by atoms with van der Waals surface area (Å²) in [7, 11) is 0. The molecule has 0 spiro atoms. The second-order valence-corrected chi connectivity index (χ2v) is 12.1. The van der Waals surface area contributed by atoms with E-state index in [0.717, 1.165) is 34.0 Å². The van der Waals surface area contributed by atoms with Gasteiger partial charge in [-0.05, 0) is 60.1 Å². The number of hydrogen-bond donors (Lipinski definition) is 2. The molecule has 0 radical (unpaired) electrons. The van der Waals surface area contributed by atoms with Gasteiger partial charge in [0.05, 0.1) is 11.5 Å². The lowest BCUT2D eigenvalue weighted by atomic mass is 9.78. The summed E-state index contributed by atoms with van der Waals surface area (Å²) in [5, 5.41) is 22.2. The Kier molecular flexibility index (Phi) is 8.08. The van der Waals surface area contributed by atoms with Crippen molar-refractivity contribution in [3.63, 3.8) is 0 Å². The number of amides is 1. The Balaban J connectivity index is 2.17. The predicted octanol–water partition coefficient (Wildman–Crippen LogP) is 7.00. The van der Waals surface area contributed by atoms with Crippen molar-refractivity contribution in [2.24, 2.45) is 4.99 Å². The normalized spacial score (nSPS) is 16.5. The number of carbonyl (C=O) groups is 2. The van der Waals surface area contributed by atoms with Gasteiger partial charge in [0, 0.05) is 16.7 Å². The Bertz CT molecular complexity index is 1300. The van der Waals surface area contributed by atoms with Crippen LogP contribution in [0.2, 0.25) is 0 Å². The number of nitrogens with zero attached hydrogens (tertiary/aromatic N) is 1. The number of rotatable bonds is 4. The van der Waals surface area contributed by atoms with Crippen molar-refractivity contribution in [3.8, 4) is 5.75 Å². The van der Waals surface area contributed by atoms with Crippen LogP contribution in [0.25, 0.3) is 6.08 Å². The van der Waals surface area contributed by atoms with Gasteiger partial charge in [0.15, 0.2) is 0 Å². The molecule has 37 heavy (non-hydrogen) atoms. The molecule has 2 N–H and O–H groups in total. The molecule has 0 bridgehead atoms. The number of carbonyl (C=O) groups excluding carboxylic acids is 2. The maximum atomic E-state index is 13.0. The number of aliphatic hydroxyl groups is 1. The van der Waals surface area contributed by atoms with E-state index in [1.165, 1.54) is 0 Å². The second-order valence-electron chi connectivity index (χ2n) is 11.1. The molecule has 3 rings (SSSR count). The molecule has 1 heterocycles. The highest BCUT2D eigenvalue weighted by atomic mass is 32.2. The van der Waals surface area contributed by atoms with Gasteiger partial charge in [0.1, 0.15) is 22.1 Å². The first kappa shape index (κ1) is 28.3. The maximum Gasteiger partial charge on any atom is 0.344 e. The summed E-state index contributed by atoms with van der Waals surface area (Å²) in [5.41, 5.74) is 2.67. The SMILES string of the molecule is CCOC(=O)C1=C(O)/C(=C/c2cc(C(C)(C)C)c(O)c(C(C)(C)C)c2)SC1=NC(=O)c1ccccc1C. The summed E-state index contributed by atoms with van der Waals surface area (Å²) in [4.78, 5) is 30.3. The van der Waals surface area contributed by atoms with Gasteiger partial charge in [-0.25, -0.2) is 9.79 Å². The number of hydrogen-bond acceptors (Lipinski definition) is 6. The molecule has 0 saturated heterocycles. The van der Waals surface area contributed by atoms with E-state index in [4.69, 9.17) is 4.74 Å². The first-order chi connectivity index (χ1) is 17.1. The number of thioether (sulfide) groups is 1. The molecule has 0 unspecified atom stereocenters. The number of phenolic OH excluding ortho intramolecular Hbond substituents is 1. The fourth-order valence-corrected chi connectivity index (χ4v) is 5.00. The Morgan fingerprint density at radius 2 is 1.57 bits per heavy atom. The molecule has 7 heteroatoms. The van der Waals surface area contributed by atoms with Crippen LogP contribution in [-0.2, 0) is 20.4 Å². The smallest absolute Gasteiger partial charge is 0.344 e. The average molecular weight is 522 g/mol. The minimum absolute atomic E-state index is 0.0846. The third-order valence-corrected chi connectivity index (χ3v) is 7.01. The Morgan fingerprint density at radius 3 is 2.08 bits per heavy atom. The van der Waals surface area contributed by atoms with Crippen LogP contribution >= 0.6 is 11.8 Å². The number of aromatic hydroxyl groups is 1. The number of esters is 1. The third kappa shape index (κ3) is 6.16. The van der Waals surface area contributed by atoms with Gasteiger partial charge in [-0.15, -0.1) is 0 Å². The fraction of sp³-hybridized carbons (Fsp3) is 0.367. The van der Waals surface area contributed by atoms with Crippen LogP contribution in [0.3, 0.4) is 0 Å². The molecule has 6 nitrogen and oxygen atoms in total. The molecule has 0 fully saturated rings. The largest absolute Gasteiger partial charge is 0.507 e. The third-order valence-electron chi connectivity index (χ3n) is 5.99. The standard InChI is InChI=1S/C30H35NO5S/c1-9-36-28(35)23-25(33)22(37-27(23)31-26(34)19-13-11-10-12-17(19)2)16-18-14-20(29(3,4)5)24(32)21(15-18)30(6,7)8/h10-16,32-33H,9H2,1-8H3/b22-16-,31-27?. The molecule has 0 aliphatic carbocycles. The molecule has 1 amide bonds. The molecular weight excluding hydrogens is 486 g/mol. The summed E-state index contributed by atoms with van der Waals surface area (Å²) < 4.78 is 5.16. The van der Waals surface area contributed by atoms with Crippen molar-refractivity contribution in [3.05, 3.63) is 80.5 Å². The van der Waals surface area contributed by atoms with E-state index < -0.39 is 11.9 Å². The number of aliphatic hydroxyl groups excluding tert-OH is 1. The minimum atomic E-state index is -0.747. The first-order valence-corrected chi connectivity index (χ1v) is 13.0. The number of aryl methyl sites for hydroxylation is 1. The molecule has 1 aliphatic heterocycles. The Morgan fingerprint density at radius 1 is 1.00 bits per heavy atom. The zero-order valence-electron chi connectivity index (χ0n) is 22.7. The number of benzene rings is 2. The molecule has 196 valence electrons. The van der Waals surface area contributed by atoms with Crippen molar-refractivity contribution in [2.75, 3.05) is 6.61 Å². The highest BCUT2D eigenvalue weighted by molar-refractivity contribution is 8.18. The van der Waals surface area contributed by atoms with Gasteiger partial charge in [-0.2, -0.15) is 0 Å². The highest BCUT2D eigenvalue weighted by Crippen LogP contribution is 2.43. The van der Waals surface area contributed by atoms with E-state index in [9.17, 15) is 19.8 Å². The van der Waals surface area contributed by atoms with E-state index in [0.29, 0.717) is 10.5 Å². The van der Waals surface area contributed by atoms with Crippen molar-refractivity contribution in [2.45, 2.75) is 66.2 Å². The van der Waals surface area contributed by atoms with Crippen LogP contribution in [0.1, 0.15) is 81.1 Å². The number of phenols is 1. The second kappa shape index (κ2) is 10.6. The number of ether oxygens (including phenoxy) is 1. The van der Waals surface area contributed by atoms with Crippen LogP contribution in [0.4, 0.5) is 0 Å². The van der Waals surface area contributed by atoms with E-state index in [-0.39, 0.29) is 39.6 Å². The van der Waals surface area contributed by atoms with Gasteiger partial charge >= 0.3 is 5.97 Å². The maximum absolute atomic E-state index is 13.0. The summed E-state index contributed by atoms with van der Waals surface area (Å²) >= 11 is 1.04. The van der Waals surface area contributed by atoms with Crippen molar-refractivity contribution in [1.29, 1.82) is 0 Å². The average Bonchev–Trinajstić information content (AvgIpc) is 3.08. The molecule has 2 aromatic rings. The topological polar surface area (TPSA) is 96.2 Å². The zero-order chi connectivity index (χ0) is 27.7. The molecular formula is C30H35NO5S. The lowest BCUT2D eigenvalue weighted by Crippen LogP contribution is -2.17. The predicted molar refractivity (Wildman–Crippen MR) is 150 cm³/mol. The number of aliphatic imine (C=N–C) groups is 1. The highest BCUT2D eigenvalue weighted by Gasteiger charge is 2.34. The Hall–Kier alpha value is -3.32. The van der Waals surface area contributed by atoms with E-state index >= 15 is 0 Å². The van der Waals surface area contributed by atoms with Gasteiger partial charge < -0.3 is 14.9 Å². The molecule has 1 aliphatic rings. The van der Waals surface area contributed by atoms with E-state index in [1.54, 1.807) is 25.1 Å². The molecule has 2 aromatic carbocycles. The molecule has 0 aromatic heterocycles. The summed E-state index contributed by atoms with van der Waals surface area (Å²) in [5.74, 6) is -1.29. The molecule has 0 saturated carbocycles. The van der Waals surface area contributed by atoms with Crippen LogP contribution in [0.5, 0.6) is 5.75 Å². The summed E-state index contributed by atoms with van der Waals surface area (Å²) in [6.07, 6.45) is 1.74. The van der Waals surface area contributed by atoms with Crippen molar-refractivity contribution >= 4 is 34.8 Å². The van der Waals surface area contributed by atoms with Gasteiger partial charge in [0.2, 0.25) is 0 Å². The quantitative estimate of drug-likeness (QED) is 0.421. The lowest BCUT2D eigenvalue weighted by molar-refractivity contribution is -0.138.